The molecule has 1 aromatic rings. The van der Waals surface area contributed by atoms with Crippen LogP contribution in [0.1, 0.15) is 11.1 Å². The van der Waals surface area contributed by atoms with Crippen LogP contribution in [0.3, 0.4) is 0 Å². The van der Waals surface area contributed by atoms with Crippen molar-refractivity contribution in [2.75, 3.05) is 46.0 Å². The molecule has 1 saturated heterocycles. The minimum absolute atomic E-state index is 0.0678. The molecule has 0 radical (unpaired) electrons. The summed E-state index contributed by atoms with van der Waals surface area (Å²) >= 11 is 0. The van der Waals surface area contributed by atoms with Gasteiger partial charge in [-0.25, -0.2) is 0 Å². The first kappa shape index (κ1) is 15.8. The third-order valence-electron chi connectivity index (χ3n) is 3.57. The van der Waals surface area contributed by atoms with Gasteiger partial charge in [0.1, 0.15) is 18.8 Å². The number of quaternary nitrogens is 1. The lowest BCUT2D eigenvalue weighted by Gasteiger charge is -2.23. The standard InChI is InChI=1S/C16H24N2O3/c1-13-9-14(2)11-15(10-13)21-12-16(19)17-3-4-18-5-7-20-8-6-18/h9-11H,3-8,12H2,1-2H3,(H,17,19)/p+1. The second-order valence-corrected chi connectivity index (χ2v) is 5.57. The average Bonchev–Trinajstić information content (AvgIpc) is 2.45. The van der Waals surface area contributed by atoms with E-state index in [-0.39, 0.29) is 12.5 Å². The topological polar surface area (TPSA) is 52.0 Å². The molecular formula is C16H25N2O3+. The van der Waals surface area contributed by atoms with Gasteiger partial charge in [-0.05, 0) is 37.1 Å². The van der Waals surface area contributed by atoms with E-state index in [2.05, 4.69) is 11.4 Å². The van der Waals surface area contributed by atoms with Gasteiger partial charge in [-0.2, -0.15) is 0 Å². The summed E-state index contributed by atoms with van der Waals surface area (Å²) in [5.41, 5.74) is 2.28. The van der Waals surface area contributed by atoms with Gasteiger partial charge < -0.3 is 19.7 Å². The summed E-state index contributed by atoms with van der Waals surface area (Å²) in [4.78, 5) is 13.2. The zero-order valence-corrected chi connectivity index (χ0v) is 12.9. The molecule has 1 aliphatic heterocycles. The smallest absolute Gasteiger partial charge is 0.258 e. The van der Waals surface area contributed by atoms with E-state index in [4.69, 9.17) is 9.47 Å². The number of carbonyl (C=O) groups is 1. The molecule has 0 bridgehead atoms. The first-order chi connectivity index (χ1) is 10.1. The number of amides is 1. The van der Waals surface area contributed by atoms with Crippen molar-refractivity contribution in [1.29, 1.82) is 0 Å². The van der Waals surface area contributed by atoms with Gasteiger partial charge >= 0.3 is 0 Å². The molecule has 5 heteroatoms. The zero-order valence-electron chi connectivity index (χ0n) is 12.9. The Morgan fingerprint density at radius 3 is 2.57 bits per heavy atom. The van der Waals surface area contributed by atoms with E-state index in [0.717, 1.165) is 49.7 Å². The lowest BCUT2D eigenvalue weighted by Crippen LogP contribution is -3.14. The maximum absolute atomic E-state index is 11.8. The molecule has 1 aromatic carbocycles. The van der Waals surface area contributed by atoms with Crippen LogP contribution in [-0.2, 0) is 9.53 Å². The van der Waals surface area contributed by atoms with Gasteiger partial charge in [0, 0.05) is 0 Å². The monoisotopic (exact) mass is 293 g/mol. The van der Waals surface area contributed by atoms with Gasteiger partial charge in [0.2, 0.25) is 0 Å². The van der Waals surface area contributed by atoms with Crippen LogP contribution in [0.15, 0.2) is 18.2 Å². The van der Waals surface area contributed by atoms with Crippen LogP contribution in [-0.4, -0.2) is 51.9 Å². The predicted octanol–water partition coefficient (Wildman–Crippen LogP) is -0.286. The van der Waals surface area contributed by atoms with Crippen LogP contribution in [0.4, 0.5) is 0 Å². The maximum atomic E-state index is 11.8. The molecule has 2 rings (SSSR count). The summed E-state index contributed by atoms with van der Waals surface area (Å²) in [6.07, 6.45) is 0. The molecule has 21 heavy (non-hydrogen) atoms. The average molecular weight is 293 g/mol. The first-order valence-corrected chi connectivity index (χ1v) is 7.52. The van der Waals surface area contributed by atoms with E-state index in [9.17, 15) is 4.79 Å². The van der Waals surface area contributed by atoms with Gasteiger partial charge in [0.15, 0.2) is 6.61 Å². The molecule has 1 fully saturated rings. The summed E-state index contributed by atoms with van der Waals surface area (Å²) < 4.78 is 10.8. The third-order valence-corrected chi connectivity index (χ3v) is 3.57. The van der Waals surface area contributed by atoms with Crippen LogP contribution >= 0.6 is 0 Å². The summed E-state index contributed by atoms with van der Waals surface area (Å²) in [6.45, 7) is 9.42. The summed E-state index contributed by atoms with van der Waals surface area (Å²) in [6, 6.07) is 5.97. The second-order valence-electron chi connectivity index (χ2n) is 5.57. The number of rotatable bonds is 6. The fraction of sp³-hybridized carbons (Fsp3) is 0.562. The number of aryl methyl sites for hydroxylation is 2. The maximum Gasteiger partial charge on any atom is 0.258 e. The zero-order chi connectivity index (χ0) is 15.1. The van der Waals surface area contributed by atoms with Crippen LogP contribution in [0.5, 0.6) is 5.75 Å². The van der Waals surface area contributed by atoms with E-state index in [1.807, 2.05) is 26.0 Å². The van der Waals surface area contributed by atoms with E-state index < -0.39 is 0 Å². The number of benzene rings is 1. The Balaban J connectivity index is 1.65. The summed E-state index contributed by atoms with van der Waals surface area (Å²) in [7, 11) is 0. The Hall–Kier alpha value is -1.59. The number of nitrogens with one attached hydrogen (secondary N) is 2. The van der Waals surface area contributed by atoms with Gasteiger partial charge in [-0.1, -0.05) is 6.07 Å². The second kappa shape index (κ2) is 8.00. The van der Waals surface area contributed by atoms with Crippen LogP contribution in [0, 0.1) is 13.8 Å². The van der Waals surface area contributed by atoms with Gasteiger partial charge in [-0.15, -0.1) is 0 Å². The minimum Gasteiger partial charge on any atom is -0.484 e. The molecule has 0 aliphatic carbocycles. The molecule has 1 heterocycles. The van der Waals surface area contributed by atoms with Crippen molar-refractivity contribution in [3.8, 4) is 5.75 Å². The molecule has 1 amide bonds. The summed E-state index contributed by atoms with van der Waals surface area (Å²) in [5, 5.41) is 2.90. The van der Waals surface area contributed by atoms with Gasteiger partial charge in [0.25, 0.3) is 5.91 Å². The molecule has 0 atom stereocenters. The number of hydrogen-bond acceptors (Lipinski definition) is 3. The largest absolute Gasteiger partial charge is 0.484 e. The summed E-state index contributed by atoms with van der Waals surface area (Å²) in [5.74, 6) is 0.684. The van der Waals surface area contributed by atoms with E-state index in [0.29, 0.717) is 6.54 Å². The van der Waals surface area contributed by atoms with Crippen molar-refractivity contribution in [1.82, 2.24) is 5.32 Å². The Kier molecular flexibility index (Phi) is 6.02. The SMILES string of the molecule is Cc1cc(C)cc(OCC(=O)NCC[NH+]2CCOCC2)c1. The van der Waals surface area contributed by atoms with E-state index >= 15 is 0 Å². The number of carbonyl (C=O) groups excluding carboxylic acids is 1. The van der Waals surface area contributed by atoms with Crippen molar-refractivity contribution in [2.24, 2.45) is 0 Å². The molecule has 1 aliphatic rings. The predicted molar refractivity (Wildman–Crippen MR) is 80.8 cm³/mol. The highest BCUT2D eigenvalue weighted by atomic mass is 16.5. The lowest BCUT2D eigenvalue weighted by atomic mass is 10.1. The molecule has 0 unspecified atom stereocenters. The highest BCUT2D eigenvalue weighted by Gasteiger charge is 2.13. The normalized spacial score (nSPS) is 15.7. The Bertz CT molecular complexity index is 450. The quantitative estimate of drug-likeness (QED) is 0.758. The highest BCUT2D eigenvalue weighted by molar-refractivity contribution is 5.77. The molecule has 0 saturated carbocycles. The fourth-order valence-corrected chi connectivity index (χ4v) is 2.50. The Morgan fingerprint density at radius 1 is 1.24 bits per heavy atom. The Labute approximate surface area is 126 Å². The number of ether oxygens (including phenoxy) is 2. The molecular weight excluding hydrogens is 268 g/mol. The minimum atomic E-state index is -0.0678. The van der Waals surface area contributed by atoms with Crippen molar-refractivity contribution in [3.63, 3.8) is 0 Å². The molecule has 5 nitrogen and oxygen atoms in total. The highest BCUT2D eigenvalue weighted by Crippen LogP contribution is 2.15. The Morgan fingerprint density at radius 2 is 1.90 bits per heavy atom. The lowest BCUT2D eigenvalue weighted by molar-refractivity contribution is -0.906. The molecule has 0 aromatic heterocycles. The molecule has 2 N–H and O–H groups in total. The van der Waals surface area contributed by atoms with Gasteiger partial charge in [-0.3, -0.25) is 4.79 Å². The fourth-order valence-electron chi connectivity index (χ4n) is 2.50. The van der Waals surface area contributed by atoms with Crippen molar-refractivity contribution in [2.45, 2.75) is 13.8 Å². The molecule has 116 valence electrons. The van der Waals surface area contributed by atoms with Crippen LogP contribution < -0.4 is 15.0 Å². The van der Waals surface area contributed by atoms with Crippen molar-refractivity contribution >= 4 is 5.91 Å². The van der Waals surface area contributed by atoms with E-state index in [1.165, 1.54) is 4.90 Å². The van der Waals surface area contributed by atoms with Crippen molar-refractivity contribution < 1.29 is 19.2 Å². The van der Waals surface area contributed by atoms with Crippen LogP contribution in [0.2, 0.25) is 0 Å². The van der Waals surface area contributed by atoms with Crippen molar-refractivity contribution in [3.05, 3.63) is 29.3 Å². The van der Waals surface area contributed by atoms with E-state index in [1.54, 1.807) is 0 Å². The first-order valence-electron chi connectivity index (χ1n) is 7.52. The number of hydrogen-bond donors (Lipinski definition) is 2. The molecule has 0 spiro atoms. The van der Waals surface area contributed by atoms with Crippen LogP contribution in [0.25, 0.3) is 0 Å². The van der Waals surface area contributed by atoms with Gasteiger partial charge in [0.05, 0.1) is 26.3 Å². The third kappa shape index (κ3) is 5.73. The number of morpholine rings is 1.